The molecule has 0 radical (unpaired) electrons. The summed E-state index contributed by atoms with van der Waals surface area (Å²) in [5, 5.41) is 9.28. The molecule has 0 atom stereocenters. The number of carboxylic acid groups (broad SMARTS) is 1. The van der Waals surface area contributed by atoms with E-state index < -0.39 is 5.97 Å². The minimum Gasteiger partial charge on any atom is -0.478 e. The number of hydrogen-bond donors (Lipinski definition) is 1. The second-order valence-corrected chi connectivity index (χ2v) is 7.24. The first-order valence-electron chi connectivity index (χ1n) is 9.26. The third kappa shape index (κ3) is 4.37. The number of benzene rings is 1. The lowest BCUT2D eigenvalue weighted by molar-refractivity contribution is -0.134. The third-order valence-corrected chi connectivity index (χ3v) is 5.34. The molecule has 0 heterocycles. The summed E-state index contributed by atoms with van der Waals surface area (Å²) in [6, 6.07) is 7.42. The normalized spacial score (nSPS) is 18.3. The summed E-state index contributed by atoms with van der Waals surface area (Å²) in [6.45, 7) is 0.907. The number of aromatic carboxylic acids is 1. The predicted octanol–water partition coefficient (Wildman–Crippen LogP) is 3.89. The minimum absolute atomic E-state index is 0.203. The Morgan fingerprint density at radius 1 is 1.04 bits per heavy atom. The van der Waals surface area contributed by atoms with Gasteiger partial charge in [0.1, 0.15) is 0 Å². The summed E-state index contributed by atoms with van der Waals surface area (Å²) in [4.78, 5) is 26.3. The topological polar surface area (TPSA) is 57.6 Å². The predicted molar refractivity (Wildman–Crippen MR) is 93.0 cm³/mol. The van der Waals surface area contributed by atoms with Crippen molar-refractivity contribution < 1.29 is 14.7 Å². The first-order chi connectivity index (χ1) is 11.6. The van der Waals surface area contributed by atoms with Crippen molar-refractivity contribution in [3.05, 3.63) is 35.4 Å². The maximum atomic E-state index is 12.8. The highest BCUT2D eigenvalue weighted by Crippen LogP contribution is 2.33. The van der Waals surface area contributed by atoms with E-state index in [4.69, 9.17) is 0 Å². The molecule has 3 rings (SSSR count). The average Bonchev–Trinajstić information content (AvgIpc) is 3.42. The third-order valence-electron chi connectivity index (χ3n) is 5.34. The molecule has 130 valence electrons. The second-order valence-electron chi connectivity index (χ2n) is 7.24. The highest BCUT2D eigenvalue weighted by molar-refractivity contribution is 5.89. The van der Waals surface area contributed by atoms with E-state index in [9.17, 15) is 14.7 Å². The van der Waals surface area contributed by atoms with E-state index in [-0.39, 0.29) is 5.91 Å². The van der Waals surface area contributed by atoms with Gasteiger partial charge in [0.15, 0.2) is 0 Å². The van der Waals surface area contributed by atoms with E-state index in [0.29, 0.717) is 30.4 Å². The summed E-state index contributed by atoms with van der Waals surface area (Å²) >= 11 is 0. The first kappa shape index (κ1) is 17.0. The van der Waals surface area contributed by atoms with Crippen LogP contribution in [0.15, 0.2) is 24.3 Å². The zero-order valence-corrected chi connectivity index (χ0v) is 14.2. The molecule has 24 heavy (non-hydrogen) atoms. The molecule has 2 aliphatic carbocycles. The van der Waals surface area contributed by atoms with Gasteiger partial charge in [0.05, 0.1) is 5.56 Å². The molecular weight excluding hydrogens is 302 g/mol. The number of nitrogens with zero attached hydrogens (tertiary/aromatic N) is 1. The van der Waals surface area contributed by atoms with Crippen molar-refractivity contribution in [1.29, 1.82) is 0 Å². The Balaban J connectivity index is 1.63. The van der Waals surface area contributed by atoms with Gasteiger partial charge in [0.2, 0.25) is 5.91 Å². The molecule has 0 aromatic heterocycles. The van der Waals surface area contributed by atoms with Crippen LogP contribution in [0, 0.1) is 5.92 Å². The number of rotatable bonds is 7. The number of carbonyl (C=O) groups is 2. The van der Waals surface area contributed by atoms with E-state index in [0.717, 1.165) is 24.9 Å². The molecule has 1 aromatic carbocycles. The molecule has 4 heteroatoms. The van der Waals surface area contributed by atoms with Crippen molar-refractivity contribution in [2.75, 3.05) is 6.54 Å². The van der Waals surface area contributed by atoms with Gasteiger partial charge in [-0.25, -0.2) is 4.79 Å². The maximum absolute atomic E-state index is 12.8. The molecule has 2 fully saturated rings. The van der Waals surface area contributed by atoms with Gasteiger partial charge in [0.25, 0.3) is 0 Å². The molecule has 0 saturated heterocycles. The van der Waals surface area contributed by atoms with E-state index >= 15 is 0 Å². The van der Waals surface area contributed by atoms with Crippen molar-refractivity contribution in [2.24, 2.45) is 5.92 Å². The van der Waals surface area contributed by atoms with Crippen LogP contribution in [0.3, 0.4) is 0 Å². The Morgan fingerprint density at radius 3 is 2.42 bits per heavy atom. The molecule has 4 nitrogen and oxygen atoms in total. The zero-order chi connectivity index (χ0) is 16.9. The molecule has 0 unspecified atom stereocenters. The zero-order valence-electron chi connectivity index (χ0n) is 14.2. The number of amides is 1. The minimum atomic E-state index is -0.917. The molecule has 1 N–H and O–H groups in total. The maximum Gasteiger partial charge on any atom is 0.335 e. The molecule has 0 aliphatic heterocycles. The highest BCUT2D eigenvalue weighted by Gasteiger charge is 2.31. The lowest BCUT2D eigenvalue weighted by Gasteiger charge is -2.34. The van der Waals surface area contributed by atoms with Gasteiger partial charge in [-0.3, -0.25) is 4.79 Å². The Hall–Kier alpha value is -1.84. The monoisotopic (exact) mass is 329 g/mol. The molecular formula is C20H27NO3. The Morgan fingerprint density at radius 2 is 1.75 bits per heavy atom. The van der Waals surface area contributed by atoms with E-state index in [1.807, 2.05) is 12.1 Å². The van der Waals surface area contributed by atoms with Gasteiger partial charge >= 0.3 is 5.97 Å². The summed E-state index contributed by atoms with van der Waals surface area (Å²) in [6.07, 6.45) is 9.41. The SMILES string of the molecule is O=C(O)c1ccccc1CCC(=O)N(CC1CC1)C1CCCCC1. The van der Waals surface area contributed by atoms with Crippen molar-refractivity contribution >= 4 is 11.9 Å². The smallest absolute Gasteiger partial charge is 0.335 e. The number of hydrogen-bond acceptors (Lipinski definition) is 2. The van der Waals surface area contributed by atoms with E-state index in [1.54, 1.807) is 12.1 Å². The quantitative estimate of drug-likeness (QED) is 0.825. The molecule has 2 aliphatic rings. The number of aryl methyl sites for hydroxylation is 1. The molecule has 0 spiro atoms. The Bertz CT molecular complexity index is 588. The van der Waals surface area contributed by atoms with Crippen molar-refractivity contribution in [2.45, 2.75) is 63.8 Å². The van der Waals surface area contributed by atoms with Gasteiger partial charge < -0.3 is 10.0 Å². The van der Waals surface area contributed by atoms with Crippen LogP contribution in [0.2, 0.25) is 0 Å². The number of carboxylic acids is 1. The van der Waals surface area contributed by atoms with Crippen LogP contribution in [0.25, 0.3) is 0 Å². The van der Waals surface area contributed by atoms with Gasteiger partial charge in [0, 0.05) is 19.0 Å². The largest absolute Gasteiger partial charge is 0.478 e. The van der Waals surface area contributed by atoms with Crippen LogP contribution in [-0.2, 0) is 11.2 Å². The molecule has 2 saturated carbocycles. The Kier molecular flexibility index (Phi) is 5.54. The van der Waals surface area contributed by atoms with E-state index in [1.165, 1.54) is 32.1 Å². The van der Waals surface area contributed by atoms with Gasteiger partial charge in [-0.2, -0.15) is 0 Å². The van der Waals surface area contributed by atoms with Crippen LogP contribution < -0.4 is 0 Å². The van der Waals surface area contributed by atoms with Crippen LogP contribution in [0.4, 0.5) is 0 Å². The van der Waals surface area contributed by atoms with Crippen LogP contribution >= 0.6 is 0 Å². The lowest BCUT2D eigenvalue weighted by Crippen LogP contribution is -2.42. The first-order valence-corrected chi connectivity index (χ1v) is 9.26. The van der Waals surface area contributed by atoms with Crippen molar-refractivity contribution in [3.63, 3.8) is 0 Å². The van der Waals surface area contributed by atoms with Crippen LogP contribution in [-0.4, -0.2) is 34.5 Å². The summed E-state index contributed by atoms with van der Waals surface area (Å²) in [5.74, 6) is -0.0173. The average molecular weight is 329 g/mol. The second kappa shape index (κ2) is 7.82. The molecule has 1 amide bonds. The fourth-order valence-electron chi connectivity index (χ4n) is 3.76. The van der Waals surface area contributed by atoms with Gasteiger partial charge in [-0.1, -0.05) is 37.5 Å². The fourth-order valence-corrected chi connectivity index (χ4v) is 3.76. The van der Waals surface area contributed by atoms with Crippen LogP contribution in [0.5, 0.6) is 0 Å². The Labute approximate surface area is 143 Å². The standard InChI is InChI=1S/C20H27NO3/c22-19(13-12-16-6-4-5-9-18(16)20(23)24)21(14-15-10-11-15)17-7-2-1-3-8-17/h4-6,9,15,17H,1-3,7-8,10-14H2,(H,23,24). The lowest BCUT2D eigenvalue weighted by atomic mass is 9.93. The molecule has 0 bridgehead atoms. The number of carbonyl (C=O) groups excluding carboxylic acids is 1. The summed E-state index contributed by atoms with van der Waals surface area (Å²) < 4.78 is 0. The summed E-state index contributed by atoms with van der Waals surface area (Å²) in [7, 11) is 0. The summed E-state index contributed by atoms with van der Waals surface area (Å²) in [5.41, 5.74) is 1.07. The van der Waals surface area contributed by atoms with Crippen molar-refractivity contribution in [3.8, 4) is 0 Å². The van der Waals surface area contributed by atoms with Gasteiger partial charge in [-0.05, 0) is 49.7 Å². The molecule has 1 aromatic rings. The highest BCUT2D eigenvalue weighted by atomic mass is 16.4. The van der Waals surface area contributed by atoms with E-state index in [2.05, 4.69) is 4.90 Å². The fraction of sp³-hybridized carbons (Fsp3) is 0.600. The van der Waals surface area contributed by atoms with Crippen LogP contribution in [0.1, 0.15) is 67.3 Å². The van der Waals surface area contributed by atoms with Gasteiger partial charge in [-0.15, -0.1) is 0 Å². The van der Waals surface area contributed by atoms with Crippen molar-refractivity contribution in [1.82, 2.24) is 4.90 Å².